The molecule has 0 saturated heterocycles. The molecule has 3 N–H and O–H groups in total. The van der Waals surface area contributed by atoms with E-state index in [1.807, 2.05) is 24.3 Å². The van der Waals surface area contributed by atoms with Crippen LogP contribution in [0.2, 0.25) is 0 Å². The molecule has 2 amide bonds. The van der Waals surface area contributed by atoms with Gasteiger partial charge in [-0.15, -0.1) is 0 Å². The average Bonchev–Trinajstić information content (AvgIpc) is 2.98. The Morgan fingerprint density at radius 2 is 2.27 bits per heavy atom. The van der Waals surface area contributed by atoms with Crippen LogP contribution in [0.1, 0.15) is 18.4 Å². The van der Waals surface area contributed by atoms with Gasteiger partial charge in [-0.05, 0) is 30.5 Å². The zero-order chi connectivity index (χ0) is 10.9. The highest BCUT2D eigenvalue weighted by molar-refractivity contribution is 5.73. The van der Waals surface area contributed by atoms with Crippen molar-refractivity contribution in [3.63, 3.8) is 0 Å². The van der Waals surface area contributed by atoms with E-state index in [2.05, 4.69) is 5.32 Å². The maximum absolute atomic E-state index is 10.9. The first-order chi connectivity index (χ1) is 7.16. The number of nitrogens with two attached hydrogens (primary N) is 1. The van der Waals surface area contributed by atoms with Crippen LogP contribution in [0.25, 0.3) is 0 Å². The highest BCUT2D eigenvalue weighted by atomic mass is 16.5. The first kappa shape index (κ1) is 9.83. The fourth-order valence-corrected chi connectivity index (χ4v) is 1.77. The number of carbonyl (C=O) groups is 1. The van der Waals surface area contributed by atoms with Crippen molar-refractivity contribution < 1.29 is 9.53 Å². The smallest absolute Gasteiger partial charge is 0.312 e. The molecule has 0 spiro atoms. The summed E-state index contributed by atoms with van der Waals surface area (Å²) in [4.78, 5) is 10.9. The lowest BCUT2D eigenvalue weighted by atomic mass is 10.0. The van der Waals surface area contributed by atoms with Crippen molar-refractivity contribution in [1.29, 1.82) is 0 Å². The van der Waals surface area contributed by atoms with Crippen molar-refractivity contribution in [2.24, 2.45) is 5.73 Å². The van der Waals surface area contributed by atoms with Gasteiger partial charge in [0.05, 0.1) is 12.6 Å². The molecule has 1 aromatic carbocycles. The molecule has 2 rings (SSSR count). The van der Waals surface area contributed by atoms with Crippen LogP contribution < -0.4 is 15.8 Å². The molecule has 0 heterocycles. The number of rotatable bonds is 3. The van der Waals surface area contributed by atoms with Gasteiger partial charge < -0.3 is 15.8 Å². The zero-order valence-corrected chi connectivity index (χ0v) is 8.62. The molecule has 0 atom stereocenters. The molecule has 0 unspecified atom stereocenters. The summed E-state index contributed by atoms with van der Waals surface area (Å²) >= 11 is 0. The Kier molecular flexibility index (Phi) is 2.26. The molecule has 0 aliphatic heterocycles. The summed E-state index contributed by atoms with van der Waals surface area (Å²) in [6.45, 7) is 0. The van der Waals surface area contributed by atoms with Gasteiger partial charge >= 0.3 is 6.03 Å². The molecule has 4 nitrogen and oxygen atoms in total. The predicted octanol–water partition coefficient (Wildman–Crippen LogP) is 1.35. The van der Waals surface area contributed by atoms with Gasteiger partial charge in [0.25, 0.3) is 0 Å². The number of urea groups is 1. The van der Waals surface area contributed by atoms with Gasteiger partial charge in [-0.3, -0.25) is 0 Å². The number of carbonyl (C=O) groups excluding carboxylic acids is 1. The molecular formula is C11H14N2O2. The first-order valence-corrected chi connectivity index (χ1v) is 4.88. The average molecular weight is 206 g/mol. The van der Waals surface area contributed by atoms with Gasteiger partial charge in [0.2, 0.25) is 0 Å². The summed E-state index contributed by atoms with van der Waals surface area (Å²) < 4.78 is 5.14. The van der Waals surface area contributed by atoms with Crippen molar-refractivity contribution in [2.45, 2.75) is 18.4 Å². The van der Waals surface area contributed by atoms with Crippen LogP contribution in [-0.4, -0.2) is 13.1 Å². The second-order valence-electron chi connectivity index (χ2n) is 3.80. The third-order valence-electron chi connectivity index (χ3n) is 2.73. The van der Waals surface area contributed by atoms with Crippen molar-refractivity contribution >= 4 is 6.03 Å². The molecule has 1 aromatic rings. The number of benzene rings is 1. The second-order valence-corrected chi connectivity index (χ2v) is 3.80. The molecule has 1 aliphatic rings. The Bertz CT molecular complexity index is 386. The van der Waals surface area contributed by atoms with Crippen molar-refractivity contribution in [3.8, 4) is 5.75 Å². The summed E-state index contributed by atoms with van der Waals surface area (Å²) in [5.74, 6) is 0.796. The van der Waals surface area contributed by atoms with E-state index in [9.17, 15) is 4.79 Å². The predicted molar refractivity (Wildman–Crippen MR) is 56.6 cm³/mol. The lowest BCUT2D eigenvalue weighted by Crippen LogP contribution is -2.38. The Labute approximate surface area is 88.4 Å². The second kappa shape index (κ2) is 3.46. The minimum absolute atomic E-state index is 0.250. The monoisotopic (exact) mass is 206 g/mol. The maximum Gasteiger partial charge on any atom is 0.312 e. The number of primary amides is 1. The Balaban J connectivity index is 2.25. The normalized spacial score (nSPS) is 16.9. The quantitative estimate of drug-likeness (QED) is 0.784. The van der Waals surface area contributed by atoms with Crippen molar-refractivity contribution in [2.75, 3.05) is 7.11 Å². The standard InChI is InChI=1S/C11H14N2O2/c1-15-9-4-2-3-8(7-9)11(5-6-11)13-10(12)14/h2-4,7H,5-6H2,1H3,(H3,12,13,14). The van der Waals surface area contributed by atoms with Gasteiger partial charge in [-0.2, -0.15) is 0 Å². The van der Waals surface area contributed by atoms with Crippen molar-refractivity contribution in [3.05, 3.63) is 29.8 Å². The van der Waals surface area contributed by atoms with Gasteiger partial charge in [-0.25, -0.2) is 4.79 Å². The van der Waals surface area contributed by atoms with Crippen LogP contribution >= 0.6 is 0 Å². The van der Waals surface area contributed by atoms with Gasteiger partial charge in [0, 0.05) is 0 Å². The summed E-state index contributed by atoms with van der Waals surface area (Å²) in [7, 11) is 1.63. The van der Waals surface area contributed by atoms with Crippen LogP contribution in [0.3, 0.4) is 0 Å². The molecule has 80 valence electrons. The molecule has 15 heavy (non-hydrogen) atoms. The maximum atomic E-state index is 10.9. The van der Waals surface area contributed by atoms with Crippen LogP contribution in [0.5, 0.6) is 5.75 Å². The van der Waals surface area contributed by atoms with E-state index in [-0.39, 0.29) is 5.54 Å². The molecule has 4 heteroatoms. The fourth-order valence-electron chi connectivity index (χ4n) is 1.77. The molecular weight excluding hydrogens is 192 g/mol. The van der Waals surface area contributed by atoms with Gasteiger partial charge in [0.15, 0.2) is 0 Å². The summed E-state index contributed by atoms with van der Waals surface area (Å²) in [5, 5.41) is 2.78. The summed E-state index contributed by atoms with van der Waals surface area (Å²) in [6, 6.07) is 7.23. The van der Waals surface area contributed by atoms with E-state index in [0.717, 1.165) is 24.2 Å². The van der Waals surface area contributed by atoms with Gasteiger partial charge in [-0.1, -0.05) is 12.1 Å². The molecule has 1 saturated carbocycles. The van der Waals surface area contributed by atoms with Crippen LogP contribution in [0.4, 0.5) is 4.79 Å². The Hall–Kier alpha value is -1.71. The number of ether oxygens (including phenoxy) is 1. The SMILES string of the molecule is COc1cccc(C2(NC(N)=O)CC2)c1. The third kappa shape index (κ3) is 1.88. The highest BCUT2D eigenvalue weighted by Crippen LogP contribution is 2.46. The molecule has 0 aromatic heterocycles. The van der Waals surface area contributed by atoms with Crippen LogP contribution in [0, 0.1) is 0 Å². The lowest BCUT2D eigenvalue weighted by molar-refractivity contribution is 0.244. The Morgan fingerprint density at radius 1 is 1.53 bits per heavy atom. The van der Waals surface area contributed by atoms with Gasteiger partial charge in [0.1, 0.15) is 5.75 Å². The summed E-state index contributed by atoms with van der Waals surface area (Å²) in [5.41, 5.74) is 5.95. The largest absolute Gasteiger partial charge is 0.497 e. The highest BCUT2D eigenvalue weighted by Gasteiger charge is 2.45. The van der Waals surface area contributed by atoms with E-state index in [4.69, 9.17) is 10.5 Å². The minimum Gasteiger partial charge on any atom is -0.497 e. The molecule has 1 fully saturated rings. The number of nitrogens with one attached hydrogen (secondary N) is 1. The van der Waals surface area contributed by atoms with E-state index in [1.54, 1.807) is 7.11 Å². The third-order valence-corrected chi connectivity index (χ3v) is 2.73. The van der Waals surface area contributed by atoms with Crippen molar-refractivity contribution in [1.82, 2.24) is 5.32 Å². The summed E-state index contributed by atoms with van der Waals surface area (Å²) in [6.07, 6.45) is 1.87. The van der Waals surface area contributed by atoms with E-state index in [1.165, 1.54) is 0 Å². The topological polar surface area (TPSA) is 64.3 Å². The Morgan fingerprint density at radius 3 is 2.80 bits per heavy atom. The first-order valence-electron chi connectivity index (χ1n) is 4.88. The van der Waals surface area contributed by atoms with Crippen LogP contribution in [0.15, 0.2) is 24.3 Å². The number of methoxy groups -OCH3 is 1. The van der Waals surface area contributed by atoms with E-state index in [0.29, 0.717) is 0 Å². The molecule has 0 radical (unpaired) electrons. The zero-order valence-electron chi connectivity index (χ0n) is 8.62. The van der Waals surface area contributed by atoms with Crippen LogP contribution in [-0.2, 0) is 5.54 Å². The fraction of sp³-hybridized carbons (Fsp3) is 0.364. The molecule has 1 aliphatic carbocycles. The number of hydrogen-bond acceptors (Lipinski definition) is 2. The van der Waals surface area contributed by atoms with E-state index >= 15 is 0 Å². The molecule has 0 bridgehead atoms. The van der Waals surface area contributed by atoms with E-state index < -0.39 is 6.03 Å². The number of amides is 2. The lowest BCUT2D eigenvalue weighted by Gasteiger charge is -2.16. The number of hydrogen-bond donors (Lipinski definition) is 2. The minimum atomic E-state index is -0.477.